The second kappa shape index (κ2) is 7.03. The van der Waals surface area contributed by atoms with Crippen molar-refractivity contribution in [2.45, 2.75) is 19.3 Å². The Balaban J connectivity index is 1.51. The number of alkyl halides is 2. The van der Waals surface area contributed by atoms with Crippen LogP contribution >= 0.6 is 11.3 Å². The van der Waals surface area contributed by atoms with E-state index in [4.69, 9.17) is 0 Å². The second-order valence-corrected chi connectivity index (χ2v) is 7.12. The molecule has 1 aliphatic rings. The number of hydrogen-bond donors (Lipinski definition) is 2. The molecule has 1 fully saturated rings. The Morgan fingerprint density at radius 3 is 2.89 bits per heavy atom. The number of aromatic nitrogens is 3. The zero-order valence-corrected chi connectivity index (χ0v) is 14.8. The Morgan fingerprint density at radius 2 is 2.15 bits per heavy atom. The van der Waals surface area contributed by atoms with Crippen LogP contribution in [0.15, 0.2) is 29.8 Å². The summed E-state index contributed by atoms with van der Waals surface area (Å²) in [7, 11) is 0. The third-order valence-corrected chi connectivity index (χ3v) is 4.98. The highest BCUT2D eigenvalue weighted by Crippen LogP contribution is 2.30. The zero-order chi connectivity index (χ0) is 19.0. The quantitative estimate of drug-likeness (QED) is 0.676. The van der Waals surface area contributed by atoms with Gasteiger partial charge in [0.25, 0.3) is 12.3 Å². The average molecular weight is 391 g/mol. The van der Waals surface area contributed by atoms with Gasteiger partial charge in [-0.25, -0.2) is 18.3 Å². The standard InChI is InChI=1S/C17H15F2N5O2S/c18-13(19)6-20-17(26)12-5-10(8-27-12)11-3-4-15-21-14(7-24(15)23-11)22-16(25)9-1-2-9/h3-5,7-9,13H,1-2,6H2,(H,20,26)(H,22,25). The lowest BCUT2D eigenvalue weighted by molar-refractivity contribution is -0.117. The van der Waals surface area contributed by atoms with Crippen LogP contribution in [0.5, 0.6) is 0 Å². The Labute approximate surface area is 156 Å². The fourth-order valence-corrected chi connectivity index (χ4v) is 3.33. The van der Waals surface area contributed by atoms with Crippen LogP contribution in [0, 0.1) is 5.92 Å². The van der Waals surface area contributed by atoms with Crippen molar-refractivity contribution in [3.8, 4) is 11.3 Å². The molecule has 1 saturated carbocycles. The van der Waals surface area contributed by atoms with Gasteiger partial charge in [0.1, 0.15) is 0 Å². The van der Waals surface area contributed by atoms with Crippen LogP contribution in [-0.4, -0.2) is 39.4 Å². The molecule has 0 bridgehead atoms. The topological polar surface area (TPSA) is 88.4 Å². The van der Waals surface area contributed by atoms with Gasteiger partial charge in [0.15, 0.2) is 11.5 Å². The van der Waals surface area contributed by atoms with Crippen molar-refractivity contribution < 1.29 is 18.4 Å². The van der Waals surface area contributed by atoms with Crippen molar-refractivity contribution >= 4 is 34.6 Å². The Bertz CT molecular complexity index is 1010. The summed E-state index contributed by atoms with van der Waals surface area (Å²) < 4.78 is 26.0. The first-order valence-electron chi connectivity index (χ1n) is 8.32. The molecule has 3 aromatic heterocycles. The van der Waals surface area contributed by atoms with E-state index in [1.807, 2.05) is 0 Å². The van der Waals surface area contributed by atoms with E-state index in [1.54, 1.807) is 34.3 Å². The molecule has 4 rings (SSSR count). The molecule has 1 aliphatic carbocycles. The molecule has 10 heteroatoms. The van der Waals surface area contributed by atoms with Crippen molar-refractivity contribution in [2.24, 2.45) is 5.92 Å². The lowest BCUT2D eigenvalue weighted by Gasteiger charge is -2.01. The SMILES string of the molecule is O=C(NCC(F)F)c1cc(-c2ccc3nc(NC(=O)C4CC4)cn3n2)cs1. The molecule has 0 unspecified atom stereocenters. The van der Waals surface area contributed by atoms with Gasteiger partial charge < -0.3 is 10.6 Å². The van der Waals surface area contributed by atoms with Crippen molar-refractivity contribution in [1.29, 1.82) is 0 Å². The monoisotopic (exact) mass is 391 g/mol. The molecular formula is C17H15F2N5O2S. The number of halogens is 2. The van der Waals surface area contributed by atoms with Gasteiger partial charge in [-0.15, -0.1) is 11.3 Å². The molecule has 7 nitrogen and oxygen atoms in total. The molecule has 0 saturated heterocycles. The summed E-state index contributed by atoms with van der Waals surface area (Å²) in [5.74, 6) is -0.0519. The van der Waals surface area contributed by atoms with Crippen molar-refractivity contribution in [2.75, 3.05) is 11.9 Å². The largest absolute Gasteiger partial charge is 0.346 e. The molecule has 0 atom stereocenters. The Morgan fingerprint density at radius 1 is 1.33 bits per heavy atom. The number of rotatable bonds is 6. The summed E-state index contributed by atoms with van der Waals surface area (Å²) in [5, 5.41) is 11.1. The third-order valence-electron chi connectivity index (χ3n) is 4.06. The van der Waals surface area contributed by atoms with Gasteiger partial charge in [-0.05, 0) is 31.0 Å². The van der Waals surface area contributed by atoms with E-state index in [2.05, 4.69) is 20.7 Å². The first kappa shape index (κ1) is 17.5. The average Bonchev–Trinajstić information content (AvgIpc) is 3.24. The first-order chi connectivity index (χ1) is 13.0. The maximum Gasteiger partial charge on any atom is 0.261 e. The third kappa shape index (κ3) is 3.95. The van der Waals surface area contributed by atoms with E-state index in [0.29, 0.717) is 27.6 Å². The highest BCUT2D eigenvalue weighted by atomic mass is 32.1. The molecule has 3 aromatic rings. The van der Waals surface area contributed by atoms with Crippen molar-refractivity contribution in [3.05, 3.63) is 34.7 Å². The van der Waals surface area contributed by atoms with Gasteiger partial charge in [-0.3, -0.25) is 9.59 Å². The van der Waals surface area contributed by atoms with E-state index >= 15 is 0 Å². The van der Waals surface area contributed by atoms with Gasteiger partial charge in [0.05, 0.1) is 23.3 Å². The van der Waals surface area contributed by atoms with Crippen molar-refractivity contribution in [3.63, 3.8) is 0 Å². The number of imidazole rings is 1. The van der Waals surface area contributed by atoms with E-state index in [0.717, 1.165) is 24.2 Å². The summed E-state index contributed by atoms with van der Waals surface area (Å²) in [4.78, 5) is 28.3. The summed E-state index contributed by atoms with van der Waals surface area (Å²) in [6.45, 7) is -0.680. The summed E-state index contributed by atoms with van der Waals surface area (Å²) in [6.07, 6.45) is 0.857. The van der Waals surface area contributed by atoms with E-state index < -0.39 is 18.9 Å². The Hall–Kier alpha value is -2.88. The van der Waals surface area contributed by atoms with Crippen molar-refractivity contribution in [1.82, 2.24) is 19.9 Å². The number of carbonyl (C=O) groups is 2. The van der Waals surface area contributed by atoms with Crippen LogP contribution in [0.25, 0.3) is 16.9 Å². The second-order valence-electron chi connectivity index (χ2n) is 6.21. The molecule has 2 N–H and O–H groups in total. The smallest absolute Gasteiger partial charge is 0.261 e. The van der Waals surface area contributed by atoms with Gasteiger partial charge in [0, 0.05) is 16.9 Å². The Kier molecular flexibility index (Phi) is 4.56. The first-order valence-corrected chi connectivity index (χ1v) is 9.20. The highest BCUT2D eigenvalue weighted by molar-refractivity contribution is 7.12. The normalized spacial score (nSPS) is 13.9. The van der Waals surface area contributed by atoms with Gasteiger partial charge in [-0.1, -0.05) is 0 Å². The molecule has 0 spiro atoms. The maximum atomic E-state index is 12.2. The molecule has 27 heavy (non-hydrogen) atoms. The molecule has 140 valence electrons. The molecule has 2 amide bonds. The van der Waals surface area contributed by atoms with Crippen LogP contribution in [0.2, 0.25) is 0 Å². The minimum atomic E-state index is -2.59. The lowest BCUT2D eigenvalue weighted by Crippen LogP contribution is -2.27. The predicted octanol–water partition coefficient (Wildman–Crippen LogP) is 2.80. The van der Waals surface area contributed by atoms with E-state index in [-0.39, 0.29) is 11.8 Å². The minimum absolute atomic E-state index is 0.0316. The number of amides is 2. The van der Waals surface area contributed by atoms with Gasteiger partial charge >= 0.3 is 0 Å². The van der Waals surface area contributed by atoms with Gasteiger partial charge in [-0.2, -0.15) is 5.10 Å². The molecule has 0 radical (unpaired) electrons. The number of nitrogens with one attached hydrogen (secondary N) is 2. The van der Waals surface area contributed by atoms with E-state index in [1.165, 1.54) is 0 Å². The zero-order valence-electron chi connectivity index (χ0n) is 14.0. The summed E-state index contributed by atoms with van der Waals surface area (Å²) >= 11 is 1.15. The number of fused-ring (bicyclic) bond motifs is 1. The van der Waals surface area contributed by atoms with Crippen LogP contribution in [0.1, 0.15) is 22.5 Å². The van der Waals surface area contributed by atoms with Crippen LogP contribution in [0.4, 0.5) is 14.6 Å². The number of nitrogens with zero attached hydrogens (tertiary/aromatic N) is 3. The minimum Gasteiger partial charge on any atom is -0.346 e. The number of thiophene rings is 1. The van der Waals surface area contributed by atoms with E-state index in [9.17, 15) is 18.4 Å². The number of hydrogen-bond acceptors (Lipinski definition) is 5. The summed E-state index contributed by atoms with van der Waals surface area (Å²) in [6, 6.07) is 5.10. The summed E-state index contributed by atoms with van der Waals surface area (Å²) in [5.41, 5.74) is 1.88. The molecular weight excluding hydrogens is 376 g/mol. The molecule has 0 aliphatic heterocycles. The lowest BCUT2D eigenvalue weighted by atomic mass is 10.2. The predicted molar refractivity (Wildman–Crippen MR) is 96.0 cm³/mol. The molecule has 0 aromatic carbocycles. The highest BCUT2D eigenvalue weighted by Gasteiger charge is 2.30. The number of anilines is 1. The van der Waals surface area contributed by atoms with Gasteiger partial charge in [0.2, 0.25) is 5.91 Å². The maximum absolute atomic E-state index is 12.2. The fourth-order valence-electron chi connectivity index (χ4n) is 2.52. The van der Waals surface area contributed by atoms with Crippen LogP contribution in [-0.2, 0) is 4.79 Å². The number of carbonyl (C=O) groups excluding carboxylic acids is 2. The van der Waals surface area contributed by atoms with Crippen LogP contribution < -0.4 is 10.6 Å². The van der Waals surface area contributed by atoms with Crippen LogP contribution in [0.3, 0.4) is 0 Å². The molecule has 3 heterocycles. The fraction of sp³-hybridized carbons (Fsp3) is 0.294.